The van der Waals surface area contributed by atoms with Crippen molar-refractivity contribution in [3.8, 4) is 0 Å². The van der Waals surface area contributed by atoms with Crippen LogP contribution in [0.25, 0.3) is 6.08 Å². The van der Waals surface area contributed by atoms with Gasteiger partial charge in [-0.2, -0.15) is 0 Å². The number of esters is 1. The molecule has 0 spiro atoms. The normalized spacial score (nSPS) is 17.5. The molecule has 1 aromatic carbocycles. The van der Waals surface area contributed by atoms with Crippen molar-refractivity contribution in [2.75, 3.05) is 6.61 Å². The second-order valence-corrected chi connectivity index (χ2v) is 6.76. The van der Waals surface area contributed by atoms with E-state index in [1.807, 2.05) is 30.3 Å². The molecular formula is C18H14BrNO4S. The summed E-state index contributed by atoms with van der Waals surface area (Å²) in [7, 11) is 0. The Kier molecular flexibility index (Phi) is 5.45. The number of carbonyl (C=O) groups excluding carboxylic acids is 1. The van der Waals surface area contributed by atoms with Crippen LogP contribution in [0.4, 0.5) is 5.69 Å². The first-order valence-corrected chi connectivity index (χ1v) is 9.09. The van der Waals surface area contributed by atoms with Crippen molar-refractivity contribution >= 4 is 50.5 Å². The van der Waals surface area contributed by atoms with E-state index in [2.05, 4.69) is 20.9 Å². The quantitative estimate of drug-likeness (QED) is 0.686. The van der Waals surface area contributed by atoms with Gasteiger partial charge >= 0.3 is 5.97 Å². The molecule has 5 nitrogen and oxygen atoms in total. The van der Waals surface area contributed by atoms with Gasteiger partial charge in [0.1, 0.15) is 22.1 Å². The lowest BCUT2D eigenvalue weighted by atomic mass is 10.2. The van der Waals surface area contributed by atoms with Crippen LogP contribution in [0, 0.1) is 0 Å². The lowest BCUT2D eigenvalue weighted by Gasteiger charge is -2.03. The number of thioether (sulfide) groups is 1. The van der Waals surface area contributed by atoms with E-state index in [0.717, 1.165) is 0 Å². The molecular weight excluding hydrogens is 406 g/mol. The Hall–Kier alpha value is -2.25. The highest BCUT2D eigenvalue weighted by Gasteiger charge is 2.33. The summed E-state index contributed by atoms with van der Waals surface area (Å²) < 4.78 is 11.1. The highest BCUT2D eigenvalue weighted by Crippen LogP contribution is 2.40. The van der Waals surface area contributed by atoms with Crippen molar-refractivity contribution in [2.45, 2.75) is 6.92 Å². The van der Waals surface area contributed by atoms with E-state index in [-0.39, 0.29) is 17.9 Å². The molecule has 0 amide bonds. The van der Waals surface area contributed by atoms with Crippen LogP contribution in [0.15, 0.2) is 72.8 Å². The Morgan fingerprint density at radius 1 is 1.32 bits per heavy atom. The fourth-order valence-electron chi connectivity index (χ4n) is 2.15. The van der Waals surface area contributed by atoms with Gasteiger partial charge in [-0.1, -0.05) is 30.0 Å². The first-order chi connectivity index (χ1) is 12.1. The number of nitrogens with zero attached hydrogens (tertiary/aromatic N) is 1. The van der Waals surface area contributed by atoms with Gasteiger partial charge in [-0.3, -0.25) is 0 Å². The van der Waals surface area contributed by atoms with Gasteiger partial charge in [0, 0.05) is 0 Å². The number of aliphatic hydroxyl groups excluding tert-OH is 1. The van der Waals surface area contributed by atoms with Crippen molar-refractivity contribution in [1.29, 1.82) is 0 Å². The molecule has 0 bridgehead atoms. The molecule has 0 saturated heterocycles. The number of rotatable bonds is 4. The van der Waals surface area contributed by atoms with E-state index in [9.17, 15) is 9.90 Å². The van der Waals surface area contributed by atoms with Crippen LogP contribution in [0.2, 0.25) is 0 Å². The number of ether oxygens (including phenoxy) is 1. The van der Waals surface area contributed by atoms with Gasteiger partial charge in [0.25, 0.3) is 0 Å². The number of aliphatic imine (C=N–C) groups is 1. The zero-order chi connectivity index (χ0) is 17.8. The lowest BCUT2D eigenvalue weighted by molar-refractivity contribution is -0.138. The van der Waals surface area contributed by atoms with E-state index in [1.165, 1.54) is 11.8 Å². The Morgan fingerprint density at radius 2 is 2.08 bits per heavy atom. The van der Waals surface area contributed by atoms with Crippen molar-refractivity contribution in [2.24, 2.45) is 4.99 Å². The number of hydrogen-bond donors (Lipinski definition) is 1. The van der Waals surface area contributed by atoms with E-state index in [0.29, 0.717) is 26.1 Å². The van der Waals surface area contributed by atoms with Crippen molar-refractivity contribution < 1.29 is 19.1 Å². The van der Waals surface area contributed by atoms with Crippen LogP contribution in [0.3, 0.4) is 0 Å². The summed E-state index contributed by atoms with van der Waals surface area (Å²) in [5.74, 6) is -0.220. The van der Waals surface area contributed by atoms with Crippen LogP contribution in [0.5, 0.6) is 0 Å². The molecule has 128 valence electrons. The lowest BCUT2D eigenvalue weighted by Crippen LogP contribution is -2.12. The fraction of sp³-hybridized carbons (Fsp3) is 0.111. The maximum Gasteiger partial charge on any atom is 0.344 e. The van der Waals surface area contributed by atoms with Crippen LogP contribution >= 0.6 is 27.7 Å². The molecule has 2 aromatic rings. The Balaban J connectivity index is 2.02. The largest absolute Gasteiger partial charge is 0.506 e. The molecule has 3 rings (SSSR count). The van der Waals surface area contributed by atoms with Crippen LogP contribution < -0.4 is 0 Å². The molecule has 0 aliphatic carbocycles. The SMILES string of the molecule is CCOC(=O)C1=C(O)/C(=C/c2ccc(Br)o2)SC1=Nc1ccccc1. The molecule has 7 heteroatoms. The topological polar surface area (TPSA) is 72.0 Å². The third-order valence-corrected chi connectivity index (χ3v) is 4.67. The predicted octanol–water partition coefficient (Wildman–Crippen LogP) is 5.24. The van der Waals surface area contributed by atoms with Gasteiger partial charge in [-0.25, -0.2) is 9.79 Å². The fourth-order valence-corrected chi connectivity index (χ4v) is 3.48. The number of aliphatic hydroxyl groups is 1. The molecule has 0 unspecified atom stereocenters. The van der Waals surface area contributed by atoms with Crippen molar-refractivity contribution in [3.05, 3.63) is 69.1 Å². The summed E-state index contributed by atoms with van der Waals surface area (Å²) in [6.45, 7) is 1.92. The summed E-state index contributed by atoms with van der Waals surface area (Å²) in [6, 6.07) is 12.7. The number of furan rings is 1. The van der Waals surface area contributed by atoms with E-state index >= 15 is 0 Å². The molecule has 1 aliphatic rings. The van der Waals surface area contributed by atoms with Crippen LogP contribution in [0.1, 0.15) is 12.7 Å². The number of halogens is 1. The number of para-hydroxylation sites is 1. The molecule has 1 N–H and O–H groups in total. The molecule has 25 heavy (non-hydrogen) atoms. The average Bonchev–Trinajstić information content (AvgIpc) is 3.13. The first kappa shape index (κ1) is 17.6. The smallest absolute Gasteiger partial charge is 0.344 e. The van der Waals surface area contributed by atoms with Gasteiger partial charge in [-0.15, -0.1) is 0 Å². The van der Waals surface area contributed by atoms with Gasteiger partial charge in [0.2, 0.25) is 0 Å². The van der Waals surface area contributed by atoms with Crippen LogP contribution in [-0.4, -0.2) is 22.7 Å². The maximum atomic E-state index is 12.3. The summed E-state index contributed by atoms with van der Waals surface area (Å²) in [5, 5.41) is 10.9. The zero-order valence-corrected chi connectivity index (χ0v) is 15.6. The predicted molar refractivity (Wildman–Crippen MR) is 102 cm³/mol. The summed E-state index contributed by atoms with van der Waals surface area (Å²) in [5.41, 5.74) is 0.745. The molecule has 0 radical (unpaired) electrons. The van der Waals surface area contributed by atoms with Gasteiger partial charge in [0.05, 0.1) is 17.2 Å². The molecule has 0 atom stereocenters. The Morgan fingerprint density at radius 3 is 2.72 bits per heavy atom. The summed E-state index contributed by atoms with van der Waals surface area (Å²) in [4.78, 5) is 17.2. The van der Waals surface area contributed by atoms with Gasteiger partial charge < -0.3 is 14.3 Å². The average molecular weight is 420 g/mol. The van der Waals surface area contributed by atoms with Crippen molar-refractivity contribution in [1.82, 2.24) is 0 Å². The second kappa shape index (κ2) is 7.76. The molecule has 1 aliphatic heterocycles. The maximum absolute atomic E-state index is 12.3. The standard InChI is InChI=1S/C18H14BrNO4S/c1-2-23-18(22)15-16(21)13(10-12-8-9-14(19)24-12)25-17(15)20-11-6-4-3-5-7-11/h3-10,21H,2H2,1H3/b13-10-,20-17?. The number of hydrogen-bond acceptors (Lipinski definition) is 6. The van der Waals surface area contributed by atoms with E-state index < -0.39 is 5.97 Å². The summed E-state index contributed by atoms with van der Waals surface area (Å²) >= 11 is 4.42. The third-order valence-electron chi connectivity index (χ3n) is 3.22. The Bertz CT molecular complexity index is 883. The minimum atomic E-state index is -0.605. The highest BCUT2D eigenvalue weighted by molar-refractivity contribution is 9.10. The number of benzene rings is 1. The van der Waals surface area contributed by atoms with Gasteiger partial charge in [0.15, 0.2) is 4.67 Å². The zero-order valence-electron chi connectivity index (χ0n) is 13.2. The second-order valence-electron chi connectivity index (χ2n) is 4.95. The molecule has 1 aromatic heterocycles. The van der Waals surface area contributed by atoms with E-state index in [1.54, 1.807) is 25.1 Å². The van der Waals surface area contributed by atoms with Crippen molar-refractivity contribution in [3.63, 3.8) is 0 Å². The van der Waals surface area contributed by atoms with Gasteiger partial charge in [-0.05, 0) is 53.2 Å². The van der Waals surface area contributed by atoms with E-state index in [4.69, 9.17) is 9.15 Å². The summed E-state index contributed by atoms with van der Waals surface area (Å²) in [6.07, 6.45) is 1.65. The minimum Gasteiger partial charge on any atom is -0.506 e. The monoisotopic (exact) mass is 419 g/mol. The molecule has 0 saturated carbocycles. The molecule has 2 heterocycles. The molecule has 0 fully saturated rings. The number of carbonyl (C=O) groups is 1. The first-order valence-electron chi connectivity index (χ1n) is 7.48. The third kappa shape index (κ3) is 4.05. The van der Waals surface area contributed by atoms with Crippen LogP contribution in [-0.2, 0) is 9.53 Å². The minimum absolute atomic E-state index is 0.0626. The highest BCUT2D eigenvalue weighted by atomic mass is 79.9. The Labute approximate surface area is 157 Å².